The van der Waals surface area contributed by atoms with Crippen LogP contribution in [-0.4, -0.2) is 21.7 Å². The Morgan fingerprint density at radius 1 is 1.50 bits per heavy atom. The van der Waals surface area contributed by atoms with Gasteiger partial charge in [0.05, 0.1) is 15.9 Å². The quantitative estimate of drug-likeness (QED) is 0.838. The lowest BCUT2D eigenvalue weighted by molar-refractivity contribution is 0.481. The lowest BCUT2D eigenvalue weighted by Gasteiger charge is -2.11. The highest BCUT2D eigenvalue weighted by Gasteiger charge is 2.22. The SMILES string of the molecule is CCc1nn(C)c(CNCC2CCC(Cl)C2)c1Br. The molecule has 0 spiro atoms. The van der Waals surface area contributed by atoms with E-state index in [1.807, 2.05) is 11.7 Å². The molecule has 18 heavy (non-hydrogen) atoms. The normalized spacial score (nSPS) is 23.8. The highest BCUT2D eigenvalue weighted by atomic mass is 79.9. The number of nitrogens with one attached hydrogen (secondary N) is 1. The molecule has 1 aromatic heterocycles. The third-order valence-electron chi connectivity index (χ3n) is 3.71. The van der Waals surface area contributed by atoms with Gasteiger partial charge in [-0.15, -0.1) is 11.6 Å². The van der Waals surface area contributed by atoms with Gasteiger partial charge in [0.25, 0.3) is 0 Å². The zero-order valence-electron chi connectivity index (χ0n) is 11.0. The van der Waals surface area contributed by atoms with E-state index in [0.29, 0.717) is 5.38 Å². The topological polar surface area (TPSA) is 29.9 Å². The number of alkyl halides is 1. The van der Waals surface area contributed by atoms with Crippen LogP contribution in [0.2, 0.25) is 0 Å². The molecule has 0 aromatic carbocycles. The number of aryl methyl sites for hydroxylation is 2. The fourth-order valence-electron chi connectivity index (χ4n) is 2.61. The van der Waals surface area contributed by atoms with Crippen LogP contribution in [0, 0.1) is 5.92 Å². The van der Waals surface area contributed by atoms with Gasteiger partial charge in [-0.1, -0.05) is 6.92 Å². The highest BCUT2D eigenvalue weighted by molar-refractivity contribution is 9.10. The molecule has 1 N–H and O–H groups in total. The maximum absolute atomic E-state index is 6.13. The van der Waals surface area contributed by atoms with Crippen molar-refractivity contribution in [1.82, 2.24) is 15.1 Å². The van der Waals surface area contributed by atoms with E-state index in [1.165, 1.54) is 18.5 Å². The summed E-state index contributed by atoms with van der Waals surface area (Å²) in [6.45, 7) is 4.05. The standard InChI is InChI=1S/C13H21BrClN3/c1-3-11-13(14)12(18(2)17-11)8-16-7-9-4-5-10(15)6-9/h9-10,16H,3-8H2,1-2H3. The first-order valence-electron chi connectivity index (χ1n) is 6.66. The number of rotatable bonds is 5. The van der Waals surface area contributed by atoms with Crippen LogP contribution in [0.15, 0.2) is 4.47 Å². The summed E-state index contributed by atoms with van der Waals surface area (Å²) in [5, 5.41) is 8.43. The largest absolute Gasteiger partial charge is 0.311 e. The van der Waals surface area contributed by atoms with Crippen LogP contribution in [0.3, 0.4) is 0 Å². The molecule has 0 amide bonds. The first-order chi connectivity index (χ1) is 8.61. The molecule has 2 rings (SSSR count). The molecule has 2 atom stereocenters. The summed E-state index contributed by atoms with van der Waals surface area (Å²) in [4.78, 5) is 0. The molecule has 1 fully saturated rings. The van der Waals surface area contributed by atoms with Crippen LogP contribution in [0.5, 0.6) is 0 Å². The number of aromatic nitrogens is 2. The molecule has 1 heterocycles. The predicted octanol–water partition coefficient (Wildman–Crippen LogP) is 3.24. The van der Waals surface area contributed by atoms with E-state index in [9.17, 15) is 0 Å². The van der Waals surface area contributed by atoms with E-state index in [1.54, 1.807) is 0 Å². The van der Waals surface area contributed by atoms with Gasteiger partial charge in [0, 0.05) is 19.0 Å². The number of hydrogen-bond acceptors (Lipinski definition) is 2. The fourth-order valence-corrected chi connectivity index (χ4v) is 3.74. The predicted molar refractivity (Wildman–Crippen MR) is 79.0 cm³/mol. The van der Waals surface area contributed by atoms with E-state index >= 15 is 0 Å². The Bertz CT molecular complexity index is 405. The zero-order chi connectivity index (χ0) is 13.1. The fraction of sp³-hybridized carbons (Fsp3) is 0.769. The van der Waals surface area contributed by atoms with Crippen molar-refractivity contribution in [2.24, 2.45) is 13.0 Å². The van der Waals surface area contributed by atoms with E-state index < -0.39 is 0 Å². The van der Waals surface area contributed by atoms with Gasteiger partial charge in [-0.2, -0.15) is 5.10 Å². The summed E-state index contributed by atoms with van der Waals surface area (Å²) in [6, 6.07) is 0. The van der Waals surface area contributed by atoms with Crippen molar-refractivity contribution < 1.29 is 0 Å². The van der Waals surface area contributed by atoms with Gasteiger partial charge < -0.3 is 5.32 Å². The van der Waals surface area contributed by atoms with Crippen LogP contribution < -0.4 is 5.32 Å². The van der Waals surface area contributed by atoms with Crippen molar-refractivity contribution in [3.05, 3.63) is 15.9 Å². The monoisotopic (exact) mass is 333 g/mol. The van der Waals surface area contributed by atoms with Crippen molar-refractivity contribution in [3.8, 4) is 0 Å². The second-order valence-corrected chi connectivity index (χ2v) is 6.50. The van der Waals surface area contributed by atoms with Crippen LogP contribution in [0.25, 0.3) is 0 Å². The molecule has 0 saturated heterocycles. The molecule has 1 saturated carbocycles. The van der Waals surface area contributed by atoms with Gasteiger partial charge in [0.2, 0.25) is 0 Å². The smallest absolute Gasteiger partial charge is 0.0767 e. The lowest BCUT2D eigenvalue weighted by Crippen LogP contribution is -2.22. The van der Waals surface area contributed by atoms with Crippen molar-refractivity contribution >= 4 is 27.5 Å². The van der Waals surface area contributed by atoms with Gasteiger partial charge in [-0.3, -0.25) is 4.68 Å². The van der Waals surface area contributed by atoms with E-state index in [2.05, 4.69) is 33.3 Å². The first kappa shape index (κ1) is 14.4. The van der Waals surface area contributed by atoms with Crippen LogP contribution >= 0.6 is 27.5 Å². The number of nitrogens with zero attached hydrogens (tertiary/aromatic N) is 2. The molecule has 1 aromatic rings. The Labute approximate surface area is 122 Å². The Hall–Kier alpha value is -0.0600. The van der Waals surface area contributed by atoms with Gasteiger partial charge in [-0.05, 0) is 54.1 Å². The summed E-state index contributed by atoms with van der Waals surface area (Å²) in [5.41, 5.74) is 2.36. The third-order valence-corrected chi connectivity index (χ3v) is 5.02. The molecule has 0 bridgehead atoms. The molecule has 0 aliphatic heterocycles. The van der Waals surface area contributed by atoms with Crippen LogP contribution in [-0.2, 0) is 20.0 Å². The summed E-state index contributed by atoms with van der Waals surface area (Å²) in [6.07, 6.45) is 4.55. The number of hydrogen-bond donors (Lipinski definition) is 1. The third kappa shape index (κ3) is 3.28. The Morgan fingerprint density at radius 2 is 2.28 bits per heavy atom. The number of halogens is 2. The minimum Gasteiger partial charge on any atom is -0.311 e. The summed E-state index contributed by atoms with van der Waals surface area (Å²) >= 11 is 9.77. The maximum Gasteiger partial charge on any atom is 0.0767 e. The van der Waals surface area contributed by atoms with E-state index in [-0.39, 0.29) is 0 Å². The Morgan fingerprint density at radius 3 is 2.83 bits per heavy atom. The average Bonchev–Trinajstić information content (AvgIpc) is 2.86. The molecule has 3 nitrogen and oxygen atoms in total. The molecular weight excluding hydrogens is 314 g/mol. The Balaban J connectivity index is 1.85. The molecule has 1 aliphatic carbocycles. The lowest BCUT2D eigenvalue weighted by atomic mass is 10.1. The van der Waals surface area contributed by atoms with Gasteiger partial charge in [0.15, 0.2) is 0 Å². The molecule has 102 valence electrons. The van der Waals surface area contributed by atoms with Crippen molar-refractivity contribution in [1.29, 1.82) is 0 Å². The minimum absolute atomic E-state index is 0.395. The molecule has 0 radical (unpaired) electrons. The molecule has 5 heteroatoms. The zero-order valence-corrected chi connectivity index (χ0v) is 13.4. The van der Waals surface area contributed by atoms with Crippen molar-refractivity contribution in [3.63, 3.8) is 0 Å². The molecule has 1 aliphatic rings. The molecule has 2 unspecified atom stereocenters. The summed E-state index contributed by atoms with van der Waals surface area (Å²) in [5.74, 6) is 0.741. The van der Waals surface area contributed by atoms with Gasteiger partial charge in [0.1, 0.15) is 0 Å². The van der Waals surface area contributed by atoms with Crippen LogP contribution in [0.1, 0.15) is 37.6 Å². The van der Waals surface area contributed by atoms with E-state index in [4.69, 9.17) is 11.6 Å². The van der Waals surface area contributed by atoms with E-state index in [0.717, 1.165) is 42.0 Å². The average molecular weight is 335 g/mol. The highest BCUT2D eigenvalue weighted by Crippen LogP contribution is 2.29. The van der Waals surface area contributed by atoms with Gasteiger partial charge >= 0.3 is 0 Å². The second-order valence-electron chi connectivity index (χ2n) is 5.09. The first-order valence-corrected chi connectivity index (χ1v) is 7.89. The minimum atomic E-state index is 0.395. The maximum atomic E-state index is 6.13. The molecular formula is C13H21BrClN3. The van der Waals surface area contributed by atoms with Gasteiger partial charge in [-0.25, -0.2) is 0 Å². The summed E-state index contributed by atoms with van der Waals surface area (Å²) in [7, 11) is 2.01. The summed E-state index contributed by atoms with van der Waals surface area (Å²) < 4.78 is 3.12. The second kappa shape index (κ2) is 6.40. The van der Waals surface area contributed by atoms with Crippen molar-refractivity contribution in [2.75, 3.05) is 6.54 Å². The van der Waals surface area contributed by atoms with Crippen molar-refractivity contribution in [2.45, 2.75) is 44.5 Å². The Kier molecular flexibility index (Phi) is 5.10. The van der Waals surface area contributed by atoms with Crippen LogP contribution in [0.4, 0.5) is 0 Å².